The molecule has 2 unspecified atom stereocenters. The number of carbonyl (C=O) groups is 1. The molecule has 0 bridgehead atoms. The van der Waals surface area contributed by atoms with Crippen molar-refractivity contribution in [2.75, 3.05) is 0 Å². The highest BCUT2D eigenvalue weighted by Gasteiger charge is 2.30. The molecule has 1 aliphatic heterocycles. The molecule has 0 saturated carbocycles. The van der Waals surface area contributed by atoms with Crippen LogP contribution in [0.4, 0.5) is 0 Å². The molecular formula is C15H17N5OS. The molecule has 114 valence electrons. The van der Waals surface area contributed by atoms with Crippen molar-refractivity contribution in [1.82, 2.24) is 21.3 Å². The topological polar surface area (TPSA) is 78.4 Å². The van der Waals surface area contributed by atoms with Gasteiger partial charge in [0.15, 0.2) is 0 Å². The predicted octanol–water partition coefficient (Wildman–Crippen LogP) is 1.59. The van der Waals surface area contributed by atoms with Gasteiger partial charge in [0.25, 0.3) is 5.91 Å². The van der Waals surface area contributed by atoms with E-state index in [1.165, 1.54) is 4.88 Å². The largest absolute Gasteiger partial charge is 0.271 e. The second-order valence-electron chi connectivity index (χ2n) is 5.05. The molecule has 3 rings (SSSR count). The fraction of sp³-hybridized carbons (Fsp3) is 0.267. The van der Waals surface area contributed by atoms with E-state index in [-0.39, 0.29) is 18.0 Å². The number of hydrazone groups is 1. The van der Waals surface area contributed by atoms with Gasteiger partial charge in [-0.2, -0.15) is 5.10 Å². The van der Waals surface area contributed by atoms with Gasteiger partial charge in [-0.25, -0.2) is 16.3 Å². The van der Waals surface area contributed by atoms with Crippen molar-refractivity contribution in [3.63, 3.8) is 0 Å². The van der Waals surface area contributed by atoms with Gasteiger partial charge in [-0.15, -0.1) is 11.3 Å². The Kier molecular flexibility index (Phi) is 4.57. The van der Waals surface area contributed by atoms with Crippen LogP contribution >= 0.6 is 11.3 Å². The fourth-order valence-corrected chi connectivity index (χ4v) is 3.07. The van der Waals surface area contributed by atoms with Crippen LogP contribution < -0.4 is 16.3 Å². The van der Waals surface area contributed by atoms with E-state index < -0.39 is 0 Å². The Morgan fingerprint density at radius 1 is 1.36 bits per heavy atom. The minimum atomic E-state index is -0.291. The van der Waals surface area contributed by atoms with E-state index in [4.69, 9.17) is 0 Å². The Balaban J connectivity index is 1.57. The van der Waals surface area contributed by atoms with Gasteiger partial charge >= 0.3 is 0 Å². The molecule has 1 fully saturated rings. The SMILES string of the molecule is C/C(=N/NC(=O)C1CC(c2cccs2)NN1)c1ccncc1. The van der Waals surface area contributed by atoms with Crippen LogP contribution in [0.25, 0.3) is 0 Å². The number of hydrogen-bond donors (Lipinski definition) is 3. The van der Waals surface area contributed by atoms with Crippen molar-refractivity contribution < 1.29 is 4.79 Å². The molecule has 1 saturated heterocycles. The first-order chi connectivity index (χ1) is 10.7. The maximum Gasteiger partial charge on any atom is 0.258 e. The lowest BCUT2D eigenvalue weighted by atomic mass is 10.1. The van der Waals surface area contributed by atoms with Crippen LogP contribution in [0.2, 0.25) is 0 Å². The standard InChI is InChI=1S/C15H17N5OS/c1-10(11-4-6-16-7-5-11)17-20-15(21)13-9-12(18-19-13)14-3-2-8-22-14/h2-8,12-13,18-19H,9H2,1H3,(H,20,21)/b17-10-. The quantitative estimate of drug-likeness (QED) is 0.591. The van der Waals surface area contributed by atoms with Crippen LogP contribution in [0.5, 0.6) is 0 Å². The number of aromatic nitrogens is 1. The van der Waals surface area contributed by atoms with Gasteiger partial charge in [-0.1, -0.05) is 6.07 Å². The van der Waals surface area contributed by atoms with Gasteiger partial charge in [0.05, 0.1) is 11.8 Å². The number of nitrogens with one attached hydrogen (secondary N) is 3. The number of carbonyl (C=O) groups excluding carboxylic acids is 1. The van der Waals surface area contributed by atoms with Crippen LogP contribution in [0.3, 0.4) is 0 Å². The van der Waals surface area contributed by atoms with Crippen molar-refractivity contribution in [2.24, 2.45) is 5.10 Å². The van der Waals surface area contributed by atoms with Gasteiger partial charge in [0, 0.05) is 22.8 Å². The zero-order valence-corrected chi connectivity index (χ0v) is 12.9. The summed E-state index contributed by atoms with van der Waals surface area (Å²) in [6.45, 7) is 1.85. The van der Waals surface area contributed by atoms with Crippen LogP contribution in [-0.2, 0) is 4.79 Å². The number of rotatable bonds is 4. The summed E-state index contributed by atoms with van der Waals surface area (Å²) >= 11 is 1.68. The van der Waals surface area contributed by atoms with E-state index in [1.54, 1.807) is 23.7 Å². The Labute approximate surface area is 132 Å². The molecule has 0 aromatic carbocycles. The lowest BCUT2D eigenvalue weighted by Gasteiger charge is -2.08. The summed E-state index contributed by atoms with van der Waals surface area (Å²) in [7, 11) is 0. The van der Waals surface area contributed by atoms with E-state index in [1.807, 2.05) is 30.5 Å². The molecule has 1 aliphatic rings. The smallest absolute Gasteiger partial charge is 0.258 e. The molecule has 7 heteroatoms. The number of pyridine rings is 1. The third-order valence-corrected chi connectivity index (χ3v) is 4.52. The first-order valence-electron chi connectivity index (χ1n) is 7.03. The molecule has 1 amide bonds. The Bertz CT molecular complexity index is 656. The van der Waals surface area contributed by atoms with E-state index in [9.17, 15) is 4.79 Å². The molecule has 3 N–H and O–H groups in total. The molecule has 0 radical (unpaired) electrons. The molecule has 3 heterocycles. The second-order valence-corrected chi connectivity index (χ2v) is 6.03. The van der Waals surface area contributed by atoms with Crippen LogP contribution in [-0.4, -0.2) is 22.6 Å². The highest BCUT2D eigenvalue weighted by Crippen LogP contribution is 2.25. The number of hydrazine groups is 1. The third-order valence-electron chi connectivity index (χ3n) is 3.54. The molecule has 2 aromatic heterocycles. The van der Waals surface area contributed by atoms with Crippen molar-refractivity contribution in [3.8, 4) is 0 Å². The summed E-state index contributed by atoms with van der Waals surface area (Å²) in [5.74, 6) is -0.139. The average molecular weight is 315 g/mol. The van der Waals surface area contributed by atoms with Crippen molar-refractivity contribution in [1.29, 1.82) is 0 Å². The van der Waals surface area contributed by atoms with E-state index in [0.29, 0.717) is 6.42 Å². The molecule has 22 heavy (non-hydrogen) atoms. The number of thiophene rings is 1. The van der Waals surface area contributed by atoms with Gasteiger partial charge in [-0.05, 0) is 36.9 Å². The Morgan fingerprint density at radius 3 is 2.91 bits per heavy atom. The summed E-state index contributed by atoms with van der Waals surface area (Å²) in [6, 6.07) is 7.66. The number of nitrogens with zero attached hydrogens (tertiary/aromatic N) is 2. The van der Waals surface area contributed by atoms with Crippen LogP contribution in [0.15, 0.2) is 47.1 Å². The molecule has 2 atom stereocenters. The minimum Gasteiger partial charge on any atom is -0.271 e. The highest BCUT2D eigenvalue weighted by molar-refractivity contribution is 7.10. The van der Waals surface area contributed by atoms with Crippen molar-refractivity contribution in [2.45, 2.75) is 25.4 Å². The highest BCUT2D eigenvalue weighted by atomic mass is 32.1. The van der Waals surface area contributed by atoms with E-state index >= 15 is 0 Å². The number of hydrogen-bond acceptors (Lipinski definition) is 6. The average Bonchev–Trinajstić information content (AvgIpc) is 3.23. The lowest BCUT2D eigenvalue weighted by Crippen LogP contribution is -2.41. The van der Waals surface area contributed by atoms with E-state index in [2.05, 4.69) is 32.4 Å². The molecule has 2 aromatic rings. The Morgan fingerprint density at radius 2 is 2.18 bits per heavy atom. The van der Waals surface area contributed by atoms with Gasteiger partial charge < -0.3 is 0 Å². The van der Waals surface area contributed by atoms with Crippen molar-refractivity contribution in [3.05, 3.63) is 52.5 Å². The maximum atomic E-state index is 12.2. The normalized spacial score (nSPS) is 21.8. The minimum absolute atomic E-state index is 0.139. The summed E-state index contributed by atoms with van der Waals surface area (Å²) in [6.07, 6.45) is 4.10. The van der Waals surface area contributed by atoms with E-state index in [0.717, 1.165) is 11.3 Å². The predicted molar refractivity (Wildman–Crippen MR) is 86.3 cm³/mol. The monoisotopic (exact) mass is 315 g/mol. The zero-order chi connectivity index (χ0) is 15.4. The second kappa shape index (κ2) is 6.78. The molecule has 6 nitrogen and oxygen atoms in total. The summed E-state index contributed by atoms with van der Waals surface area (Å²) < 4.78 is 0. The molecule has 0 aliphatic carbocycles. The zero-order valence-electron chi connectivity index (χ0n) is 12.1. The summed E-state index contributed by atoms with van der Waals surface area (Å²) in [5.41, 5.74) is 10.5. The van der Waals surface area contributed by atoms with Crippen LogP contribution in [0, 0.1) is 0 Å². The molecule has 0 spiro atoms. The first kappa shape index (κ1) is 14.8. The summed E-state index contributed by atoms with van der Waals surface area (Å²) in [4.78, 5) is 17.3. The maximum absolute atomic E-state index is 12.2. The van der Waals surface area contributed by atoms with Gasteiger partial charge in [0.1, 0.15) is 6.04 Å². The van der Waals surface area contributed by atoms with Gasteiger partial charge in [-0.3, -0.25) is 9.78 Å². The molecular weight excluding hydrogens is 298 g/mol. The Hall–Kier alpha value is -2.09. The number of amides is 1. The third kappa shape index (κ3) is 3.38. The lowest BCUT2D eigenvalue weighted by molar-refractivity contribution is -0.122. The van der Waals surface area contributed by atoms with Crippen molar-refractivity contribution >= 4 is 23.0 Å². The first-order valence-corrected chi connectivity index (χ1v) is 7.91. The summed E-state index contributed by atoms with van der Waals surface area (Å²) in [5, 5.41) is 6.19. The van der Waals surface area contributed by atoms with Gasteiger partial charge in [0.2, 0.25) is 0 Å². The van der Waals surface area contributed by atoms with Crippen LogP contribution in [0.1, 0.15) is 29.8 Å². The fourth-order valence-electron chi connectivity index (χ4n) is 2.28.